The first-order valence-electron chi connectivity index (χ1n) is 22.3. The van der Waals surface area contributed by atoms with Crippen LogP contribution in [-0.2, 0) is 21.4 Å². The van der Waals surface area contributed by atoms with Gasteiger partial charge in [-0.3, -0.25) is 33.5 Å². The summed E-state index contributed by atoms with van der Waals surface area (Å²) < 4.78 is 68.4. The van der Waals surface area contributed by atoms with Crippen LogP contribution < -0.4 is 26.1 Å². The zero-order valence-corrected chi connectivity index (χ0v) is 36.7. The van der Waals surface area contributed by atoms with E-state index in [0.717, 1.165) is 77.1 Å². The molecule has 0 bridgehead atoms. The number of aromatic nitrogens is 7. The maximum atomic E-state index is 14.8. The fourth-order valence-electron chi connectivity index (χ4n) is 10.3. The Kier molecular flexibility index (Phi) is 12.0. The third kappa shape index (κ3) is 8.47. The lowest BCUT2D eigenvalue weighted by atomic mass is 9.73. The molecular formula is C44H54F4N12O5. The van der Waals surface area contributed by atoms with E-state index in [4.69, 9.17) is 9.72 Å². The van der Waals surface area contributed by atoms with Gasteiger partial charge in [-0.1, -0.05) is 25.3 Å². The molecule has 3 amide bonds. The van der Waals surface area contributed by atoms with Crippen molar-refractivity contribution in [3.63, 3.8) is 0 Å². The molecule has 21 heteroatoms. The maximum absolute atomic E-state index is 14.8. The molecule has 5 aromatic rings. The maximum Gasteiger partial charge on any atom is 0.329 e. The normalized spacial score (nSPS) is 22.4. The molecule has 2 atom stereocenters. The Labute approximate surface area is 371 Å². The number of carbonyl (C=O) groups is 3. The second-order valence-corrected chi connectivity index (χ2v) is 18.3. The summed E-state index contributed by atoms with van der Waals surface area (Å²) in [4.78, 5) is 60.1. The highest BCUT2D eigenvalue weighted by Crippen LogP contribution is 2.42. The van der Waals surface area contributed by atoms with Crippen molar-refractivity contribution in [1.82, 2.24) is 43.7 Å². The Bertz CT molecular complexity index is 2650. The minimum absolute atomic E-state index is 0.0373. The number of ether oxygens (including phenoxy) is 1. The smallest absolute Gasteiger partial charge is 0.329 e. The number of para-hydroxylation sites is 1. The predicted octanol–water partition coefficient (Wildman–Crippen LogP) is 5.33. The number of hydrogen-bond donors (Lipinski definition) is 2. The Morgan fingerprint density at radius 2 is 1.74 bits per heavy atom. The highest BCUT2D eigenvalue weighted by Gasteiger charge is 2.47. The van der Waals surface area contributed by atoms with E-state index in [1.807, 2.05) is 6.07 Å². The number of anilines is 3. The van der Waals surface area contributed by atoms with Crippen LogP contribution in [0.5, 0.6) is 0 Å². The van der Waals surface area contributed by atoms with E-state index in [1.54, 1.807) is 60.0 Å². The number of halogens is 4. The number of imide groups is 1. The van der Waals surface area contributed by atoms with E-state index < -0.39 is 54.2 Å². The number of amides is 3. The number of alkyl halides is 4. The van der Waals surface area contributed by atoms with Crippen LogP contribution in [0.1, 0.15) is 98.8 Å². The number of benzene rings is 1. The summed E-state index contributed by atoms with van der Waals surface area (Å²) in [6.45, 7) is 3.39. The summed E-state index contributed by atoms with van der Waals surface area (Å²) in [5.41, 5.74) is 1.67. The van der Waals surface area contributed by atoms with Crippen molar-refractivity contribution in [2.24, 2.45) is 12.5 Å². The number of rotatable bonds is 8. The summed E-state index contributed by atoms with van der Waals surface area (Å²) in [6.07, 6.45) is 9.77. The molecule has 2 unspecified atom stereocenters. The zero-order chi connectivity index (χ0) is 45.8. The zero-order valence-electron chi connectivity index (χ0n) is 36.7. The Morgan fingerprint density at radius 1 is 0.985 bits per heavy atom. The van der Waals surface area contributed by atoms with Gasteiger partial charge in [0, 0.05) is 64.1 Å². The second-order valence-electron chi connectivity index (χ2n) is 18.3. The highest BCUT2D eigenvalue weighted by atomic mass is 19.3. The molecule has 17 nitrogen and oxygen atoms in total. The van der Waals surface area contributed by atoms with Gasteiger partial charge in [-0.05, 0) is 70.8 Å². The van der Waals surface area contributed by atoms with Crippen LogP contribution in [0, 0.1) is 5.41 Å². The number of nitrogens with zero attached hydrogens (tertiary/aromatic N) is 10. The lowest BCUT2D eigenvalue weighted by molar-refractivity contribution is -0.135. The van der Waals surface area contributed by atoms with E-state index in [0.29, 0.717) is 28.9 Å². The third-order valence-corrected chi connectivity index (χ3v) is 13.8. The highest BCUT2D eigenvalue weighted by molar-refractivity contribution is 6.08. The molecule has 348 valence electrons. The molecule has 65 heavy (non-hydrogen) atoms. The molecule has 1 aromatic carbocycles. The number of hydrogen-bond acceptors (Lipinski definition) is 11. The van der Waals surface area contributed by atoms with E-state index in [2.05, 4.69) is 25.7 Å². The van der Waals surface area contributed by atoms with Gasteiger partial charge in [-0.15, -0.1) is 0 Å². The SMILES string of the molecule is CN(C)C1CCN(c2cccc3c2n(C)c(=O)n3C2CCC(=O)NC2=O)CC1(F)F.O=C(Nc1cn(C2CCCCC2)nc1C(F)F)c1cnn2ccc(N3CC4(CCOCC4)C3)nc12. The molecule has 4 saturated heterocycles. The number of nitrogens with one attached hydrogen (secondary N) is 2. The number of aryl methyl sites for hydroxylation is 1. The fourth-order valence-corrected chi connectivity index (χ4v) is 10.3. The average Bonchev–Trinajstić information content (AvgIpc) is 3.97. The van der Waals surface area contributed by atoms with Gasteiger partial charge in [0.1, 0.15) is 17.4 Å². The monoisotopic (exact) mass is 906 g/mol. The van der Waals surface area contributed by atoms with Crippen molar-refractivity contribution in [2.75, 3.05) is 68.6 Å². The van der Waals surface area contributed by atoms with Crippen molar-refractivity contribution in [1.29, 1.82) is 0 Å². The molecule has 5 aliphatic rings. The van der Waals surface area contributed by atoms with Crippen molar-refractivity contribution in [3.8, 4) is 0 Å². The number of fused-ring (bicyclic) bond motifs is 2. The summed E-state index contributed by atoms with van der Waals surface area (Å²) in [5, 5.41) is 13.3. The van der Waals surface area contributed by atoms with Crippen molar-refractivity contribution < 1.29 is 36.7 Å². The summed E-state index contributed by atoms with van der Waals surface area (Å²) in [5.74, 6) is -3.54. The van der Waals surface area contributed by atoms with Gasteiger partial charge in [-0.2, -0.15) is 10.2 Å². The van der Waals surface area contributed by atoms with Gasteiger partial charge in [0.15, 0.2) is 11.3 Å². The number of piperidine rings is 2. The van der Waals surface area contributed by atoms with Gasteiger partial charge in [-0.25, -0.2) is 31.9 Å². The largest absolute Gasteiger partial charge is 0.381 e. The molecule has 1 spiro atoms. The van der Waals surface area contributed by atoms with Gasteiger partial charge >= 0.3 is 5.69 Å². The van der Waals surface area contributed by atoms with Crippen LogP contribution in [-0.4, -0.2) is 122 Å². The van der Waals surface area contributed by atoms with Crippen LogP contribution in [0.2, 0.25) is 0 Å². The molecule has 2 N–H and O–H groups in total. The molecule has 4 aromatic heterocycles. The van der Waals surface area contributed by atoms with Gasteiger partial charge in [0.05, 0.1) is 47.2 Å². The van der Waals surface area contributed by atoms with Crippen LogP contribution >= 0.6 is 0 Å². The fraction of sp³-hybridized carbons (Fsp3) is 0.568. The average molecular weight is 907 g/mol. The van der Waals surface area contributed by atoms with E-state index in [-0.39, 0.29) is 47.9 Å². The molecule has 10 rings (SSSR count). The topological polar surface area (TPSA) is 169 Å². The third-order valence-electron chi connectivity index (χ3n) is 13.8. The quantitative estimate of drug-likeness (QED) is 0.153. The molecular weight excluding hydrogens is 853 g/mol. The number of carbonyl (C=O) groups excluding carboxylic acids is 3. The van der Waals surface area contributed by atoms with Gasteiger partial charge < -0.3 is 24.8 Å². The van der Waals surface area contributed by atoms with Crippen molar-refractivity contribution >= 4 is 51.6 Å². The lowest BCUT2D eigenvalue weighted by Gasteiger charge is -2.52. The van der Waals surface area contributed by atoms with E-state index in [1.165, 1.54) is 26.0 Å². The Balaban J connectivity index is 0.000000166. The minimum Gasteiger partial charge on any atom is -0.381 e. The predicted molar refractivity (Wildman–Crippen MR) is 233 cm³/mol. The first-order valence-corrected chi connectivity index (χ1v) is 22.3. The molecule has 0 radical (unpaired) electrons. The van der Waals surface area contributed by atoms with E-state index >= 15 is 0 Å². The first-order chi connectivity index (χ1) is 31.1. The lowest BCUT2D eigenvalue weighted by Crippen LogP contribution is -2.58. The molecule has 8 heterocycles. The molecule has 4 aliphatic heterocycles. The van der Waals surface area contributed by atoms with Gasteiger partial charge in [0.2, 0.25) is 11.8 Å². The minimum atomic E-state index is -2.91. The first kappa shape index (κ1) is 44.4. The summed E-state index contributed by atoms with van der Waals surface area (Å²) in [7, 11) is 4.87. The number of imidazole rings is 1. The standard InChI is InChI=1S/C24H29F2N7O2.C20H25F2N5O3/c25-21(26)20-18(13-33(30-20)16-4-2-1-3-5-16)28-23(34)17-12-27-32-9-6-19(29-22(17)32)31-14-24(15-31)7-10-35-11-8-24;1-24(2)15-9-10-26(11-20(15,21)22)12-5-4-6-13-17(12)25(3)19(30)27(13)14-7-8-16(28)23-18(14)29/h6,9,12-13,16,21H,1-5,7-8,10-11,14-15H2,(H,28,34);4-6,14-15H,7-11H2,1-3H3,(H,23,28,29). The van der Waals surface area contributed by atoms with Crippen molar-refractivity contribution in [3.05, 3.63) is 64.6 Å². The van der Waals surface area contributed by atoms with Crippen LogP contribution in [0.25, 0.3) is 16.7 Å². The Hall–Kier alpha value is -5.83. The van der Waals surface area contributed by atoms with Gasteiger partial charge in [0.25, 0.3) is 18.3 Å². The van der Waals surface area contributed by atoms with E-state index in [9.17, 15) is 36.7 Å². The molecule has 5 fully saturated rings. The molecule has 1 aliphatic carbocycles. The van der Waals surface area contributed by atoms with Crippen LogP contribution in [0.4, 0.5) is 34.8 Å². The molecule has 1 saturated carbocycles. The van der Waals surface area contributed by atoms with Crippen molar-refractivity contribution in [2.45, 2.75) is 94.7 Å². The summed E-state index contributed by atoms with van der Waals surface area (Å²) >= 11 is 0. The van der Waals surface area contributed by atoms with Crippen LogP contribution in [0.15, 0.2) is 47.7 Å². The van der Waals surface area contributed by atoms with Crippen LogP contribution in [0.3, 0.4) is 0 Å². The Morgan fingerprint density at radius 3 is 2.43 bits per heavy atom. The second kappa shape index (κ2) is 17.5. The summed E-state index contributed by atoms with van der Waals surface area (Å²) in [6, 6.07) is 5.45.